The fourth-order valence-electron chi connectivity index (χ4n) is 0.858. The molecule has 0 saturated heterocycles. The highest BCUT2D eigenvalue weighted by Gasteiger charge is 2.02. The van der Waals surface area contributed by atoms with Crippen molar-refractivity contribution in [3.8, 4) is 0 Å². The summed E-state index contributed by atoms with van der Waals surface area (Å²) >= 11 is 11.7. The zero-order valence-electron chi connectivity index (χ0n) is 7.17. The lowest BCUT2D eigenvalue weighted by Crippen LogP contribution is -2.03. The fraction of sp³-hybridized carbons (Fsp3) is 0.125. The standard InChI is InChI=1S/C8H8Cl2N4/c9-6-3-1-2-5(7(6)10)4-13-14-8(11)12/h1-3H,4H2,(H3,11,12). The van der Waals surface area contributed by atoms with Crippen molar-refractivity contribution in [1.29, 1.82) is 5.41 Å². The number of nitrogens with one attached hydrogen (secondary N) is 1. The van der Waals surface area contributed by atoms with Gasteiger partial charge in [-0.2, -0.15) is 5.11 Å². The molecular weight excluding hydrogens is 223 g/mol. The lowest BCUT2D eigenvalue weighted by molar-refractivity contribution is 0.964. The van der Waals surface area contributed by atoms with Gasteiger partial charge in [0, 0.05) is 0 Å². The van der Waals surface area contributed by atoms with Crippen LogP contribution in [0.1, 0.15) is 5.56 Å². The molecular formula is C8H8Cl2N4. The molecule has 14 heavy (non-hydrogen) atoms. The summed E-state index contributed by atoms with van der Waals surface area (Å²) in [5.74, 6) is -0.330. The molecule has 0 aromatic heterocycles. The maximum Gasteiger partial charge on any atom is 0.232 e. The Hall–Kier alpha value is -1.13. The summed E-state index contributed by atoms with van der Waals surface area (Å²) in [4.78, 5) is 0. The molecule has 0 spiro atoms. The van der Waals surface area contributed by atoms with Crippen molar-refractivity contribution in [2.45, 2.75) is 6.54 Å². The second-order valence-corrected chi connectivity index (χ2v) is 3.28. The van der Waals surface area contributed by atoms with Crippen molar-refractivity contribution >= 4 is 29.2 Å². The molecule has 0 aliphatic carbocycles. The van der Waals surface area contributed by atoms with E-state index in [1.165, 1.54) is 0 Å². The third kappa shape index (κ3) is 2.97. The minimum atomic E-state index is -0.330. The number of azo groups is 1. The van der Waals surface area contributed by atoms with Gasteiger partial charge in [-0.1, -0.05) is 35.3 Å². The van der Waals surface area contributed by atoms with Crippen LogP contribution in [-0.2, 0) is 6.54 Å². The highest BCUT2D eigenvalue weighted by atomic mass is 35.5. The van der Waals surface area contributed by atoms with Crippen LogP contribution in [0.5, 0.6) is 0 Å². The van der Waals surface area contributed by atoms with E-state index in [4.69, 9.17) is 34.3 Å². The molecule has 0 saturated carbocycles. The Morgan fingerprint density at radius 1 is 1.43 bits per heavy atom. The number of rotatable bonds is 2. The quantitative estimate of drug-likeness (QED) is 0.458. The summed E-state index contributed by atoms with van der Waals surface area (Å²) < 4.78 is 0. The molecule has 0 heterocycles. The van der Waals surface area contributed by atoms with Gasteiger partial charge in [-0.25, -0.2) is 0 Å². The first-order chi connectivity index (χ1) is 6.61. The maximum atomic E-state index is 6.81. The van der Waals surface area contributed by atoms with Crippen molar-refractivity contribution in [3.63, 3.8) is 0 Å². The zero-order valence-corrected chi connectivity index (χ0v) is 8.68. The van der Waals surface area contributed by atoms with Gasteiger partial charge in [0.05, 0.1) is 16.6 Å². The Morgan fingerprint density at radius 3 is 2.79 bits per heavy atom. The molecule has 0 aliphatic rings. The van der Waals surface area contributed by atoms with E-state index in [0.717, 1.165) is 5.56 Å². The summed E-state index contributed by atoms with van der Waals surface area (Å²) in [5, 5.41) is 14.8. The van der Waals surface area contributed by atoms with Gasteiger partial charge in [0.15, 0.2) is 0 Å². The first-order valence-corrected chi connectivity index (χ1v) is 4.51. The summed E-state index contributed by atoms with van der Waals surface area (Å²) in [6.07, 6.45) is 0. The van der Waals surface area contributed by atoms with Crippen LogP contribution in [0, 0.1) is 5.41 Å². The van der Waals surface area contributed by atoms with E-state index in [0.29, 0.717) is 10.0 Å². The molecule has 0 unspecified atom stereocenters. The van der Waals surface area contributed by atoms with E-state index in [2.05, 4.69) is 10.2 Å². The van der Waals surface area contributed by atoms with Crippen LogP contribution in [0.4, 0.5) is 0 Å². The summed E-state index contributed by atoms with van der Waals surface area (Å²) in [5.41, 5.74) is 5.74. The molecule has 4 nitrogen and oxygen atoms in total. The average Bonchev–Trinajstić information content (AvgIpc) is 2.12. The lowest BCUT2D eigenvalue weighted by atomic mass is 10.2. The molecule has 3 N–H and O–H groups in total. The average molecular weight is 231 g/mol. The Labute approximate surface area is 91.2 Å². The minimum Gasteiger partial charge on any atom is -0.367 e. The number of guanidine groups is 1. The van der Waals surface area contributed by atoms with Gasteiger partial charge in [-0.3, -0.25) is 5.41 Å². The van der Waals surface area contributed by atoms with Crippen molar-refractivity contribution in [2.24, 2.45) is 16.0 Å². The summed E-state index contributed by atoms with van der Waals surface area (Å²) in [6, 6.07) is 5.25. The predicted molar refractivity (Wildman–Crippen MR) is 56.9 cm³/mol. The second kappa shape index (κ2) is 4.93. The molecule has 0 radical (unpaired) electrons. The van der Waals surface area contributed by atoms with Gasteiger partial charge in [-0.05, 0) is 11.6 Å². The molecule has 74 valence electrons. The number of nitrogens with two attached hydrogens (primary N) is 1. The molecule has 0 aliphatic heterocycles. The number of hydrogen-bond donors (Lipinski definition) is 2. The van der Waals surface area contributed by atoms with Crippen molar-refractivity contribution < 1.29 is 0 Å². The second-order valence-electron chi connectivity index (χ2n) is 2.50. The van der Waals surface area contributed by atoms with Gasteiger partial charge in [0.2, 0.25) is 5.96 Å². The SMILES string of the molecule is N=C(N)N=NCc1cccc(Cl)c1Cl. The van der Waals surface area contributed by atoms with Crippen LogP contribution >= 0.6 is 23.2 Å². The van der Waals surface area contributed by atoms with Crippen LogP contribution in [-0.4, -0.2) is 5.96 Å². The minimum absolute atomic E-state index is 0.263. The first-order valence-electron chi connectivity index (χ1n) is 3.75. The smallest absolute Gasteiger partial charge is 0.232 e. The number of nitrogens with zero attached hydrogens (tertiary/aromatic N) is 2. The predicted octanol–water partition coefficient (Wildman–Crippen LogP) is 2.84. The van der Waals surface area contributed by atoms with E-state index in [9.17, 15) is 0 Å². The first kappa shape index (κ1) is 10.9. The molecule has 6 heteroatoms. The molecule has 0 amide bonds. The highest BCUT2D eigenvalue weighted by Crippen LogP contribution is 2.25. The third-order valence-electron chi connectivity index (χ3n) is 1.45. The van der Waals surface area contributed by atoms with Gasteiger partial charge in [0.25, 0.3) is 0 Å². The van der Waals surface area contributed by atoms with E-state index in [1.54, 1.807) is 18.2 Å². The fourth-order valence-corrected chi connectivity index (χ4v) is 1.24. The van der Waals surface area contributed by atoms with Crippen LogP contribution in [0.3, 0.4) is 0 Å². The van der Waals surface area contributed by atoms with Crippen LogP contribution in [0.15, 0.2) is 28.4 Å². The van der Waals surface area contributed by atoms with Gasteiger partial charge in [-0.15, -0.1) is 5.11 Å². The Balaban J connectivity index is 2.77. The van der Waals surface area contributed by atoms with Gasteiger partial charge < -0.3 is 5.73 Å². The summed E-state index contributed by atoms with van der Waals surface area (Å²) in [6.45, 7) is 0.263. The van der Waals surface area contributed by atoms with Gasteiger partial charge in [0.1, 0.15) is 0 Å². The monoisotopic (exact) mass is 230 g/mol. The van der Waals surface area contributed by atoms with Crippen LogP contribution < -0.4 is 5.73 Å². The Bertz CT molecular complexity index is 376. The van der Waals surface area contributed by atoms with E-state index in [-0.39, 0.29) is 12.5 Å². The Kier molecular flexibility index (Phi) is 3.85. The van der Waals surface area contributed by atoms with Crippen molar-refractivity contribution in [1.82, 2.24) is 0 Å². The molecule has 0 bridgehead atoms. The van der Waals surface area contributed by atoms with E-state index < -0.39 is 0 Å². The van der Waals surface area contributed by atoms with Crippen molar-refractivity contribution in [2.75, 3.05) is 0 Å². The lowest BCUT2D eigenvalue weighted by Gasteiger charge is -2.00. The molecule has 1 aromatic carbocycles. The van der Waals surface area contributed by atoms with Gasteiger partial charge >= 0.3 is 0 Å². The normalized spacial score (nSPS) is 10.7. The molecule has 1 rings (SSSR count). The van der Waals surface area contributed by atoms with Crippen LogP contribution in [0.25, 0.3) is 0 Å². The summed E-state index contributed by atoms with van der Waals surface area (Å²) in [7, 11) is 0. The topological polar surface area (TPSA) is 74.6 Å². The molecule has 1 aromatic rings. The largest absolute Gasteiger partial charge is 0.367 e. The molecule has 0 atom stereocenters. The third-order valence-corrected chi connectivity index (χ3v) is 2.31. The van der Waals surface area contributed by atoms with E-state index >= 15 is 0 Å². The van der Waals surface area contributed by atoms with E-state index in [1.807, 2.05) is 0 Å². The zero-order chi connectivity index (χ0) is 10.6. The Morgan fingerprint density at radius 2 is 2.14 bits per heavy atom. The number of halogens is 2. The maximum absolute atomic E-state index is 6.81. The van der Waals surface area contributed by atoms with Crippen molar-refractivity contribution in [3.05, 3.63) is 33.8 Å². The number of benzene rings is 1. The molecule has 0 fully saturated rings. The van der Waals surface area contributed by atoms with Crippen LogP contribution in [0.2, 0.25) is 10.0 Å². The highest BCUT2D eigenvalue weighted by molar-refractivity contribution is 6.42. The number of hydrogen-bond acceptors (Lipinski definition) is 2.